The summed E-state index contributed by atoms with van der Waals surface area (Å²) < 4.78 is 24.7. The lowest BCUT2D eigenvalue weighted by Gasteiger charge is -2.15. The molecule has 1 aliphatic rings. The highest BCUT2D eigenvalue weighted by Gasteiger charge is 2.40. The van der Waals surface area contributed by atoms with Crippen LogP contribution in [-0.2, 0) is 9.59 Å². The number of hydrogen-bond acceptors (Lipinski definition) is 5. The molecule has 7 heteroatoms. The van der Waals surface area contributed by atoms with Crippen LogP contribution >= 0.6 is 0 Å². The Balaban J connectivity index is 1.74. The van der Waals surface area contributed by atoms with E-state index in [9.17, 15) is 14.0 Å². The SMILES string of the molecule is CCCOc1ccc(C2=C(Nc3cccc(OCC)c3)C(=O)N(c3ccc(F)cc3)C2=O)cc1. The van der Waals surface area contributed by atoms with Gasteiger partial charge in [0, 0.05) is 11.8 Å². The normalized spacial score (nSPS) is 13.4. The molecule has 174 valence electrons. The largest absolute Gasteiger partial charge is 0.494 e. The van der Waals surface area contributed by atoms with Gasteiger partial charge in [-0.1, -0.05) is 25.1 Å². The van der Waals surface area contributed by atoms with E-state index in [4.69, 9.17) is 9.47 Å². The minimum absolute atomic E-state index is 0.130. The zero-order valence-electron chi connectivity index (χ0n) is 19.0. The van der Waals surface area contributed by atoms with E-state index < -0.39 is 17.6 Å². The van der Waals surface area contributed by atoms with Crippen molar-refractivity contribution in [2.75, 3.05) is 23.4 Å². The van der Waals surface area contributed by atoms with Gasteiger partial charge in [0.2, 0.25) is 0 Å². The standard InChI is InChI=1S/C27H25FN2O4/c1-3-16-34-22-14-8-18(9-15-22)24-25(29-20-6-5-7-23(17-20)33-4-2)27(32)30(26(24)31)21-12-10-19(28)11-13-21/h5-15,17,29H,3-4,16H2,1-2H3. The van der Waals surface area contributed by atoms with E-state index in [-0.39, 0.29) is 17.0 Å². The zero-order valence-corrected chi connectivity index (χ0v) is 19.0. The van der Waals surface area contributed by atoms with Crippen molar-refractivity contribution in [2.45, 2.75) is 20.3 Å². The molecule has 1 heterocycles. The van der Waals surface area contributed by atoms with Crippen LogP contribution in [0.25, 0.3) is 5.57 Å². The van der Waals surface area contributed by atoms with Crippen LogP contribution in [0.15, 0.2) is 78.5 Å². The average Bonchev–Trinajstić information content (AvgIpc) is 3.08. The molecule has 0 bridgehead atoms. The van der Waals surface area contributed by atoms with Crippen LogP contribution < -0.4 is 19.7 Å². The summed E-state index contributed by atoms with van der Waals surface area (Å²) >= 11 is 0. The molecule has 1 N–H and O–H groups in total. The smallest absolute Gasteiger partial charge is 0.282 e. The van der Waals surface area contributed by atoms with Crippen LogP contribution in [0.5, 0.6) is 11.5 Å². The maximum absolute atomic E-state index is 13.5. The predicted molar refractivity (Wildman–Crippen MR) is 129 cm³/mol. The van der Waals surface area contributed by atoms with Crippen molar-refractivity contribution >= 4 is 28.8 Å². The summed E-state index contributed by atoms with van der Waals surface area (Å²) in [6.45, 7) is 4.99. The highest BCUT2D eigenvalue weighted by Crippen LogP contribution is 2.35. The lowest BCUT2D eigenvalue weighted by molar-refractivity contribution is -0.120. The van der Waals surface area contributed by atoms with Gasteiger partial charge in [0.05, 0.1) is 24.5 Å². The number of nitrogens with zero attached hydrogens (tertiary/aromatic N) is 1. The summed E-state index contributed by atoms with van der Waals surface area (Å²) in [5, 5.41) is 3.11. The Hall–Kier alpha value is -4.13. The van der Waals surface area contributed by atoms with Crippen molar-refractivity contribution in [1.82, 2.24) is 0 Å². The Kier molecular flexibility index (Phi) is 6.92. The Morgan fingerprint density at radius 2 is 1.59 bits per heavy atom. The molecule has 0 aliphatic carbocycles. The Labute approximate surface area is 197 Å². The van der Waals surface area contributed by atoms with Crippen LogP contribution in [0.3, 0.4) is 0 Å². The molecule has 0 aromatic heterocycles. The summed E-state index contributed by atoms with van der Waals surface area (Å²) in [6, 6.07) is 19.4. The van der Waals surface area contributed by atoms with E-state index in [1.54, 1.807) is 42.5 Å². The van der Waals surface area contributed by atoms with E-state index in [1.165, 1.54) is 24.3 Å². The van der Waals surface area contributed by atoms with Crippen molar-refractivity contribution < 1.29 is 23.5 Å². The number of hydrogen-bond donors (Lipinski definition) is 1. The number of imide groups is 1. The van der Waals surface area contributed by atoms with Gasteiger partial charge in [0.1, 0.15) is 23.0 Å². The third-order valence-electron chi connectivity index (χ3n) is 5.20. The first-order chi connectivity index (χ1) is 16.5. The summed E-state index contributed by atoms with van der Waals surface area (Å²) in [5.41, 5.74) is 1.80. The Morgan fingerprint density at radius 3 is 2.26 bits per heavy atom. The van der Waals surface area contributed by atoms with Gasteiger partial charge in [-0.2, -0.15) is 0 Å². The highest BCUT2D eigenvalue weighted by atomic mass is 19.1. The van der Waals surface area contributed by atoms with Gasteiger partial charge in [0.25, 0.3) is 11.8 Å². The average molecular weight is 461 g/mol. The van der Waals surface area contributed by atoms with Gasteiger partial charge in [-0.25, -0.2) is 9.29 Å². The second kappa shape index (κ2) is 10.2. The van der Waals surface area contributed by atoms with Gasteiger partial charge < -0.3 is 14.8 Å². The van der Waals surface area contributed by atoms with Crippen molar-refractivity contribution in [3.05, 3.63) is 89.9 Å². The first-order valence-corrected chi connectivity index (χ1v) is 11.1. The topological polar surface area (TPSA) is 67.9 Å². The Bertz CT molecular complexity index is 1220. The Morgan fingerprint density at radius 1 is 0.853 bits per heavy atom. The first-order valence-electron chi connectivity index (χ1n) is 11.1. The number of benzene rings is 3. The van der Waals surface area contributed by atoms with Gasteiger partial charge in [0.15, 0.2) is 0 Å². The predicted octanol–water partition coefficient (Wildman–Crippen LogP) is 5.41. The van der Waals surface area contributed by atoms with Crippen molar-refractivity contribution in [3.63, 3.8) is 0 Å². The second-order valence-corrected chi connectivity index (χ2v) is 7.63. The molecule has 1 aliphatic heterocycles. The van der Waals surface area contributed by atoms with Gasteiger partial charge in [-0.3, -0.25) is 9.59 Å². The molecule has 0 atom stereocenters. The minimum atomic E-state index is -0.528. The molecule has 0 saturated carbocycles. The summed E-state index contributed by atoms with van der Waals surface area (Å²) in [5.74, 6) is -0.164. The molecular formula is C27H25FN2O4. The van der Waals surface area contributed by atoms with Crippen molar-refractivity contribution in [3.8, 4) is 11.5 Å². The third kappa shape index (κ3) is 4.78. The summed E-state index contributed by atoms with van der Waals surface area (Å²) in [6.07, 6.45) is 0.876. The van der Waals surface area contributed by atoms with Crippen LogP contribution in [-0.4, -0.2) is 25.0 Å². The van der Waals surface area contributed by atoms with Crippen molar-refractivity contribution in [1.29, 1.82) is 0 Å². The number of rotatable bonds is 9. The number of halogens is 1. The maximum Gasteiger partial charge on any atom is 0.282 e. The summed E-state index contributed by atoms with van der Waals surface area (Å²) in [4.78, 5) is 28.0. The number of amides is 2. The van der Waals surface area contributed by atoms with E-state index in [2.05, 4.69) is 5.32 Å². The first kappa shape index (κ1) is 23.0. The lowest BCUT2D eigenvalue weighted by Crippen LogP contribution is -2.32. The molecule has 0 radical (unpaired) electrons. The third-order valence-corrected chi connectivity index (χ3v) is 5.20. The molecule has 34 heavy (non-hydrogen) atoms. The molecule has 3 aromatic carbocycles. The fourth-order valence-corrected chi connectivity index (χ4v) is 3.65. The van der Waals surface area contributed by atoms with E-state index >= 15 is 0 Å². The van der Waals surface area contributed by atoms with Gasteiger partial charge in [-0.05, 0) is 67.4 Å². The second-order valence-electron chi connectivity index (χ2n) is 7.63. The molecule has 4 rings (SSSR count). The molecule has 0 spiro atoms. The lowest BCUT2D eigenvalue weighted by atomic mass is 10.0. The number of carbonyl (C=O) groups is 2. The van der Waals surface area contributed by atoms with Crippen LogP contribution in [0.2, 0.25) is 0 Å². The van der Waals surface area contributed by atoms with Crippen LogP contribution in [0, 0.1) is 5.82 Å². The number of ether oxygens (including phenoxy) is 2. The van der Waals surface area contributed by atoms with Crippen LogP contribution in [0.1, 0.15) is 25.8 Å². The van der Waals surface area contributed by atoms with E-state index in [0.29, 0.717) is 36.0 Å². The fraction of sp³-hybridized carbons (Fsp3) is 0.185. The molecule has 6 nitrogen and oxygen atoms in total. The fourth-order valence-electron chi connectivity index (χ4n) is 3.65. The van der Waals surface area contributed by atoms with Crippen LogP contribution in [0.4, 0.5) is 15.8 Å². The number of anilines is 2. The van der Waals surface area contributed by atoms with E-state index in [0.717, 1.165) is 11.3 Å². The molecule has 3 aromatic rings. The number of carbonyl (C=O) groups excluding carboxylic acids is 2. The summed E-state index contributed by atoms with van der Waals surface area (Å²) in [7, 11) is 0. The molecule has 0 unspecified atom stereocenters. The highest BCUT2D eigenvalue weighted by molar-refractivity contribution is 6.46. The quantitative estimate of drug-likeness (QED) is 0.433. The van der Waals surface area contributed by atoms with Crippen molar-refractivity contribution in [2.24, 2.45) is 0 Å². The zero-order chi connectivity index (χ0) is 24.1. The molecule has 2 amide bonds. The monoisotopic (exact) mass is 460 g/mol. The van der Waals surface area contributed by atoms with Gasteiger partial charge in [-0.15, -0.1) is 0 Å². The van der Waals surface area contributed by atoms with E-state index in [1.807, 2.05) is 19.9 Å². The number of nitrogens with one attached hydrogen (secondary N) is 1. The maximum atomic E-state index is 13.5. The van der Waals surface area contributed by atoms with Gasteiger partial charge >= 0.3 is 0 Å². The molecular weight excluding hydrogens is 435 g/mol. The minimum Gasteiger partial charge on any atom is -0.494 e. The molecule has 0 fully saturated rings. The molecule has 0 saturated heterocycles.